The van der Waals surface area contributed by atoms with Crippen molar-refractivity contribution in [2.75, 3.05) is 0 Å². The number of alkyl halides is 9. The van der Waals surface area contributed by atoms with Gasteiger partial charge in [0, 0.05) is 19.8 Å². The van der Waals surface area contributed by atoms with Crippen molar-refractivity contribution in [3.05, 3.63) is 0 Å². The second kappa shape index (κ2) is 9.61. The first-order chi connectivity index (χ1) is 9.75. The molecule has 0 aliphatic carbocycles. The molecule has 3 N–H and O–H groups in total. The molecule has 0 aromatic rings. The molecule has 22 heteroatoms. The minimum Gasteiger partial charge on any atom is -0.279 e. The van der Waals surface area contributed by atoms with E-state index in [2.05, 4.69) is 0 Å². The molecule has 0 saturated heterocycles. The summed E-state index contributed by atoms with van der Waals surface area (Å²) < 4.78 is 173. The summed E-state index contributed by atoms with van der Waals surface area (Å²) in [6.07, 6.45) is 0. The van der Waals surface area contributed by atoms with Crippen LogP contribution in [0.4, 0.5) is 39.5 Å². The number of hydrogen-bond donors (Lipinski definition) is 3. The van der Waals surface area contributed by atoms with E-state index < -0.39 is 46.9 Å². The Morgan fingerprint density at radius 1 is 0.440 bits per heavy atom. The van der Waals surface area contributed by atoms with E-state index in [1.807, 2.05) is 0 Å². The summed E-state index contributed by atoms with van der Waals surface area (Å²) in [4.78, 5) is 0. The van der Waals surface area contributed by atoms with Gasteiger partial charge in [-0.3, -0.25) is 13.7 Å². The minimum atomic E-state index is -5.84. The zero-order valence-electron chi connectivity index (χ0n) is 10.5. The van der Waals surface area contributed by atoms with E-state index >= 15 is 0 Å². The third-order valence-electron chi connectivity index (χ3n) is 0.877. The minimum absolute atomic E-state index is 0. The van der Waals surface area contributed by atoms with Crippen molar-refractivity contribution in [2.45, 2.75) is 16.5 Å². The molecule has 0 unspecified atom stereocenters. The van der Waals surface area contributed by atoms with Crippen LogP contribution < -0.4 is 0 Å². The average Bonchev–Trinajstić information content (AvgIpc) is 2.08. The summed E-state index contributed by atoms with van der Waals surface area (Å²) in [6, 6.07) is 0. The van der Waals surface area contributed by atoms with E-state index in [9.17, 15) is 39.5 Å². The van der Waals surface area contributed by atoms with Gasteiger partial charge in [0.05, 0.1) is 0 Å². The van der Waals surface area contributed by atoms with Crippen LogP contribution in [0.25, 0.3) is 0 Å². The number of hydrogen-bond acceptors (Lipinski definition) is 6. The van der Waals surface area contributed by atoms with Crippen molar-refractivity contribution in [3.8, 4) is 0 Å². The largest absolute Gasteiger partial charge is 0.522 e. The molecule has 0 heterocycles. The van der Waals surface area contributed by atoms with Crippen LogP contribution in [0.5, 0.6) is 0 Å². The van der Waals surface area contributed by atoms with Gasteiger partial charge in [0.1, 0.15) is 0 Å². The molecule has 25 heavy (non-hydrogen) atoms. The summed E-state index contributed by atoms with van der Waals surface area (Å²) in [7, 11) is -17.5. The third-order valence-corrected chi connectivity index (χ3v) is 2.63. The topological polar surface area (TPSA) is 163 Å². The molecule has 0 aromatic heterocycles. The molecule has 153 valence electrons. The van der Waals surface area contributed by atoms with Crippen molar-refractivity contribution in [1.29, 1.82) is 0 Å². The third kappa shape index (κ3) is 15.7. The summed E-state index contributed by atoms with van der Waals surface area (Å²) >= 11 is 0. The molecule has 0 saturated carbocycles. The summed E-state index contributed by atoms with van der Waals surface area (Å²) in [5.74, 6) is 0. The van der Waals surface area contributed by atoms with Crippen LogP contribution in [-0.4, -0.2) is 75.2 Å². The van der Waals surface area contributed by atoms with Gasteiger partial charge in [-0.15, -0.1) is 0 Å². The first-order valence-electron chi connectivity index (χ1n) is 3.86. The van der Waals surface area contributed by atoms with Crippen LogP contribution in [0.2, 0.25) is 0 Å². The van der Waals surface area contributed by atoms with E-state index in [0.717, 1.165) is 0 Å². The monoisotopic (exact) mass is 519 g/mol. The molecule has 0 spiro atoms. The Morgan fingerprint density at radius 3 is 0.480 bits per heavy atom. The SMILES string of the molecule is O=S(=O)(O)C(F)(F)F.O=S(=O)(O)C(F)(F)F.O=S(=O)(O)C(F)(F)F.[Ga]. The fraction of sp³-hybridized carbons (Fsp3) is 1.00. The Morgan fingerprint density at radius 2 is 0.480 bits per heavy atom. The van der Waals surface area contributed by atoms with Gasteiger partial charge in [-0.25, -0.2) is 0 Å². The molecule has 0 aliphatic rings. The van der Waals surface area contributed by atoms with Crippen molar-refractivity contribution in [3.63, 3.8) is 0 Å². The Hall–Kier alpha value is -0.264. The van der Waals surface area contributed by atoms with Crippen LogP contribution in [0.15, 0.2) is 0 Å². The summed E-state index contributed by atoms with van der Waals surface area (Å²) in [6.45, 7) is 0. The Labute approximate surface area is 145 Å². The van der Waals surface area contributed by atoms with Crippen molar-refractivity contribution >= 4 is 50.1 Å². The molecule has 3 radical (unpaired) electrons. The van der Waals surface area contributed by atoms with E-state index in [-0.39, 0.29) is 19.8 Å². The predicted octanol–water partition coefficient (Wildman–Crippen LogP) is 0.801. The van der Waals surface area contributed by atoms with Gasteiger partial charge in [-0.2, -0.15) is 64.8 Å². The normalized spacial score (nSPS) is 13.4. The van der Waals surface area contributed by atoms with Crippen molar-refractivity contribution < 1.29 is 78.4 Å². The van der Waals surface area contributed by atoms with Gasteiger partial charge in [-0.05, 0) is 0 Å². The van der Waals surface area contributed by atoms with Crippen LogP contribution >= 0.6 is 0 Å². The Kier molecular flexibility index (Phi) is 12.5. The smallest absolute Gasteiger partial charge is 0.279 e. The first-order valence-corrected chi connectivity index (χ1v) is 8.18. The van der Waals surface area contributed by atoms with E-state index in [1.165, 1.54) is 0 Å². The number of rotatable bonds is 0. The maximum Gasteiger partial charge on any atom is 0.522 e. The molecule has 0 rings (SSSR count). The molecule has 0 aliphatic heterocycles. The molecule has 0 bridgehead atoms. The maximum atomic E-state index is 10.7. The van der Waals surface area contributed by atoms with Crippen LogP contribution in [-0.2, 0) is 30.4 Å². The summed E-state index contributed by atoms with van der Waals surface area (Å²) in [5.41, 5.74) is -16.6. The van der Waals surface area contributed by atoms with E-state index in [4.69, 9.17) is 38.9 Å². The van der Waals surface area contributed by atoms with Gasteiger partial charge in [-0.1, -0.05) is 0 Å². The molecule has 0 atom stereocenters. The van der Waals surface area contributed by atoms with Gasteiger partial charge in [0.2, 0.25) is 0 Å². The second-order valence-electron chi connectivity index (χ2n) is 2.76. The fourth-order valence-corrected chi connectivity index (χ4v) is 0. The maximum absolute atomic E-state index is 10.7. The number of halogens is 9. The average molecular weight is 520 g/mol. The first kappa shape index (κ1) is 32.4. The fourth-order valence-electron chi connectivity index (χ4n) is 0. The van der Waals surface area contributed by atoms with Crippen molar-refractivity contribution in [2.24, 2.45) is 0 Å². The second-order valence-corrected chi connectivity index (χ2v) is 7.00. The molecule has 0 aromatic carbocycles. The van der Waals surface area contributed by atoms with Gasteiger partial charge in [0.25, 0.3) is 0 Å². The van der Waals surface area contributed by atoms with Crippen LogP contribution in [0.3, 0.4) is 0 Å². The standard InChI is InChI=1S/3CHF3O3S.Ga/c3*2-1(3,4)8(5,6)7;/h3*(H,5,6,7);. The van der Waals surface area contributed by atoms with Gasteiger partial charge in [0.15, 0.2) is 0 Å². The molecular weight excluding hydrogens is 517 g/mol. The van der Waals surface area contributed by atoms with Gasteiger partial charge < -0.3 is 0 Å². The zero-order chi connectivity index (χ0) is 21.0. The quantitative estimate of drug-likeness (QED) is 0.182. The van der Waals surface area contributed by atoms with Crippen molar-refractivity contribution in [1.82, 2.24) is 0 Å². The van der Waals surface area contributed by atoms with Crippen LogP contribution in [0, 0.1) is 0 Å². The van der Waals surface area contributed by atoms with Gasteiger partial charge >= 0.3 is 46.9 Å². The molecule has 0 amide bonds. The molecular formula is C3H3F9GaO9S3. The Balaban J connectivity index is -0.000000130. The zero-order valence-corrected chi connectivity index (χ0v) is 15.4. The molecule has 9 nitrogen and oxygen atoms in total. The predicted molar refractivity (Wildman–Crippen MR) is 58.6 cm³/mol. The van der Waals surface area contributed by atoms with E-state index in [0.29, 0.717) is 0 Å². The Bertz CT molecular complexity index is 596. The van der Waals surface area contributed by atoms with Crippen LogP contribution in [0.1, 0.15) is 0 Å². The van der Waals surface area contributed by atoms with E-state index in [1.54, 1.807) is 0 Å². The summed E-state index contributed by atoms with van der Waals surface area (Å²) in [5, 5.41) is 0. The molecule has 0 fully saturated rings.